The van der Waals surface area contributed by atoms with Gasteiger partial charge in [-0.3, -0.25) is 9.59 Å². The van der Waals surface area contributed by atoms with Crippen LogP contribution in [0.3, 0.4) is 0 Å². The summed E-state index contributed by atoms with van der Waals surface area (Å²) in [6.45, 7) is 0.124. The van der Waals surface area contributed by atoms with Gasteiger partial charge in [-0.25, -0.2) is 0 Å². The van der Waals surface area contributed by atoms with Gasteiger partial charge in [0.05, 0.1) is 6.42 Å². The minimum absolute atomic E-state index is 0.0530. The van der Waals surface area contributed by atoms with E-state index in [1.165, 1.54) is 0 Å². The number of carboxylic acid groups (broad SMARTS) is 1. The Morgan fingerprint density at radius 1 is 1.08 bits per heavy atom. The number of hydrogen-bond acceptors (Lipinski definition) is 3. The van der Waals surface area contributed by atoms with E-state index in [-0.39, 0.29) is 25.5 Å². The number of hydrogen-bond donors (Lipinski definition) is 2. The van der Waals surface area contributed by atoms with E-state index in [0.717, 1.165) is 5.56 Å². The lowest BCUT2D eigenvalue weighted by atomic mass is 10.1. The zero-order chi connectivity index (χ0) is 17.5. The van der Waals surface area contributed by atoms with Crippen LogP contribution in [0.5, 0.6) is 5.75 Å². The topological polar surface area (TPSA) is 75.6 Å². The number of carbonyl (C=O) groups is 2. The van der Waals surface area contributed by atoms with Crippen LogP contribution in [0.25, 0.3) is 0 Å². The number of carbonyl (C=O) groups excluding carboxylic acids is 1. The number of halogens is 2. The highest BCUT2D eigenvalue weighted by Crippen LogP contribution is 2.20. The van der Waals surface area contributed by atoms with E-state index in [4.69, 9.17) is 33.0 Å². The molecule has 2 aromatic carbocycles. The SMILES string of the molecule is O=C(O)Cc1ccc(OCC(=O)NCc2ccc(Cl)cc2Cl)cc1. The Hall–Kier alpha value is -2.24. The largest absolute Gasteiger partial charge is 0.484 e. The fraction of sp³-hybridized carbons (Fsp3) is 0.176. The number of aliphatic carboxylic acids is 1. The first-order valence-electron chi connectivity index (χ1n) is 7.08. The van der Waals surface area contributed by atoms with Crippen molar-refractivity contribution in [2.24, 2.45) is 0 Å². The molecule has 0 aliphatic heterocycles. The van der Waals surface area contributed by atoms with Crippen molar-refractivity contribution < 1.29 is 19.4 Å². The molecule has 2 N–H and O–H groups in total. The summed E-state index contributed by atoms with van der Waals surface area (Å²) >= 11 is 11.8. The smallest absolute Gasteiger partial charge is 0.307 e. The molecular weight excluding hydrogens is 353 g/mol. The van der Waals surface area contributed by atoms with Gasteiger partial charge in [-0.2, -0.15) is 0 Å². The molecule has 0 fully saturated rings. The van der Waals surface area contributed by atoms with Gasteiger partial charge in [-0.1, -0.05) is 41.4 Å². The second kappa shape index (κ2) is 8.57. The molecule has 0 aliphatic carbocycles. The van der Waals surface area contributed by atoms with E-state index in [9.17, 15) is 9.59 Å². The molecule has 24 heavy (non-hydrogen) atoms. The second-order valence-corrected chi connectivity index (χ2v) is 5.86. The average Bonchev–Trinajstić information content (AvgIpc) is 2.53. The normalized spacial score (nSPS) is 10.2. The summed E-state index contributed by atoms with van der Waals surface area (Å²) in [6.07, 6.45) is -0.0530. The van der Waals surface area contributed by atoms with Crippen molar-refractivity contribution in [1.82, 2.24) is 5.32 Å². The molecule has 0 saturated carbocycles. The number of amides is 1. The highest BCUT2D eigenvalue weighted by Gasteiger charge is 2.06. The van der Waals surface area contributed by atoms with Gasteiger partial charge in [0.1, 0.15) is 5.75 Å². The fourth-order valence-electron chi connectivity index (χ4n) is 1.94. The Morgan fingerprint density at radius 3 is 2.42 bits per heavy atom. The number of rotatable bonds is 7. The molecule has 126 valence electrons. The number of carboxylic acids is 1. The van der Waals surface area contributed by atoms with Crippen LogP contribution in [-0.2, 0) is 22.6 Å². The summed E-state index contributed by atoms with van der Waals surface area (Å²) in [6, 6.07) is 11.6. The third-order valence-corrected chi connectivity index (χ3v) is 3.73. The Morgan fingerprint density at radius 2 is 1.79 bits per heavy atom. The predicted octanol–water partition coefficient (Wildman–Crippen LogP) is 3.32. The maximum Gasteiger partial charge on any atom is 0.307 e. The first-order valence-corrected chi connectivity index (χ1v) is 7.84. The Kier molecular flexibility index (Phi) is 6.46. The van der Waals surface area contributed by atoms with Crippen molar-refractivity contribution in [1.29, 1.82) is 0 Å². The Bertz CT molecular complexity index is 732. The summed E-state index contributed by atoms with van der Waals surface area (Å²) in [7, 11) is 0. The highest BCUT2D eigenvalue weighted by molar-refractivity contribution is 6.35. The lowest BCUT2D eigenvalue weighted by molar-refractivity contribution is -0.136. The first kappa shape index (κ1) is 18.1. The zero-order valence-electron chi connectivity index (χ0n) is 12.6. The molecule has 0 aliphatic rings. The standard InChI is InChI=1S/C17H15Cl2NO4/c18-13-4-3-12(15(19)8-13)9-20-16(21)10-24-14-5-1-11(2-6-14)7-17(22)23/h1-6,8H,7,9-10H2,(H,20,21)(H,22,23). The molecule has 1 amide bonds. The lowest BCUT2D eigenvalue weighted by Gasteiger charge is -2.09. The number of ether oxygens (including phenoxy) is 1. The van der Waals surface area contributed by atoms with Gasteiger partial charge in [0, 0.05) is 16.6 Å². The van der Waals surface area contributed by atoms with Crippen molar-refractivity contribution in [2.45, 2.75) is 13.0 Å². The van der Waals surface area contributed by atoms with Crippen molar-refractivity contribution in [3.8, 4) is 5.75 Å². The summed E-state index contributed by atoms with van der Waals surface area (Å²) < 4.78 is 5.35. The van der Waals surface area contributed by atoms with Gasteiger partial charge in [0.15, 0.2) is 6.61 Å². The van der Waals surface area contributed by atoms with Gasteiger partial charge in [0.2, 0.25) is 0 Å². The van der Waals surface area contributed by atoms with Gasteiger partial charge in [-0.15, -0.1) is 0 Å². The summed E-state index contributed by atoms with van der Waals surface area (Å²) in [5.74, 6) is -0.705. The van der Waals surface area contributed by atoms with E-state index in [1.54, 1.807) is 42.5 Å². The third kappa shape index (κ3) is 5.76. The maximum atomic E-state index is 11.8. The molecule has 0 atom stereocenters. The molecule has 2 rings (SSSR count). The monoisotopic (exact) mass is 367 g/mol. The van der Waals surface area contributed by atoms with Gasteiger partial charge in [0.25, 0.3) is 5.91 Å². The van der Waals surface area contributed by atoms with Crippen LogP contribution in [0.15, 0.2) is 42.5 Å². The molecule has 5 nitrogen and oxygen atoms in total. The summed E-state index contributed by atoms with van der Waals surface area (Å²) in [5.41, 5.74) is 1.42. The molecule has 0 bridgehead atoms. The Balaban J connectivity index is 1.79. The van der Waals surface area contributed by atoms with E-state index in [0.29, 0.717) is 21.4 Å². The number of benzene rings is 2. The van der Waals surface area contributed by atoms with Crippen molar-refractivity contribution in [2.75, 3.05) is 6.61 Å². The molecule has 0 radical (unpaired) electrons. The average molecular weight is 368 g/mol. The summed E-state index contributed by atoms with van der Waals surface area (Å²) in [5, 5.41) is 12.4. The molecule has 0 heterocycles. The van der Waals surface area contributed by atoms with E-state index >= 15 is 0 Å². The quantitative estimate of drug-likeness (QED) is 0.786. The fourth-order valence-corrected chi connectivity index (χ4v) is 2.41. The van der Waals surface area contributed by atoms with Crippen LogP contribution in [0.4, 0.5) is 0 Å². The van der Waals surface area contributed by atoms with Crippen LogP contribution in [-0.4, -0.2) is 23.6 Å². The van der Waals surface area contributed by atoms with Gasteiger partial charge >= 0.3 is 5.97 Å². The van der Waals surface area contributed by atoms with Crippen LogP contribution in [0.1, 0.15) is 11.1 Å². The number of nitrogens with one attached hydrogen (secondary N) is 1. The van der Waals surface area contributed by atoms with Gasteiger partial charge < -0.3 is 15.2 Å². The second-order valence-electron chi connectivity index (χ2n) is 5.02. The Labute approximate surface area is 149 Å². The van der Waals surface area contributed by atoms with Crippen LogP contribution >= 0.6 is 23.2 Å². The van der Waals surface area contributed by atoms with Gasteiger partial charge in [-0.05, 0) is 35.4 Å². The van der Waals surface area contributed by atoms with Crippen LogP contribution in [0, 0.1) is 0 Å². The van der Waals surface area contributed by atoms with Crippen LogP contribution < -0.4 is 10.1 Å². The van der Waals surface area contributed by atoms with E-state index < -0.39 is 5.97 Å². The zero-order valence-corrected chi connectivity index (χ0v) is 14.1. The van der Waals surface area contributed by atoms with Crippen molar-refractivity contribution in [3.63, 3.8) is 0 Å². The predicted molar refractivity (Wildman–Crippen MR) is 91.6 cm³/mol. The van der Waals surface area contributed by atoms with Crippen molar-refractivity contribution >= 4 is 35.1 Å². The molecule has 0 spiro atoms. The molecule has 0 aromatic heterocycles. The summed E-state index contributed by atoms with van der Waals surface area (Å²) in [4.78, 5) is 22.4. The molecule has 2 aromatic rings. The molecule has 7 heteroatoms. The first-order chi connectivity index (χ1) is 11.4. The van der Waals surface area contributed by atoms with E-state index in [1.807, 2.05) is 0 Å². The highest BCUT2D eigenvalue weighted by atomic mass is 35.5. The minimum Gasteiger partial charge on any atom is -0.484 e. The minimum atomic E-state index is -0.899. The van der Waals surface area contributed by atoms with Crippen LogP contribution in [0.2, 0.25) is 10.0 Å². The molecular formula is C17H15Cl2NO4. The molecule has 0 saturated heterocycles. The van der Waals surface area contributed by atoms with E-state index in [2.05, 4.69) is 5.32 Å². The lowest BCUT2D eigenvalue weighted by Crippen LogP contribution is -2.28. The van der Waals surface area contributed by atoms with Crippen molar-refractivity contribution in [3.05, 3.63) is 63.6 Å². The third-order valence-electron chi connectivity index (χ3n) is 3.14. The molecule has 0 unspecified atom stereocenters. The maximum absolute atomic E-state index is 11.8.